The normalized spacial score (nSPS) is 17.7. The molecule has 0 saturated heterocycles. The Morgan fingerprint density at radius 1 is 1.39 bits per heavy atom. The van der Waals surface area contributed by atoms with Crippen molar-refractivity contribution in [2.45, 2.75) is 52.2 Å². The highest BCUT2D eigenvalue weighted by atomic mass is 15.3. The maximum atomic E-state index is 4.15. The van der Waals surface area contributed by atoms with Crippen molar-refractivity contribution in [1.29, 1.82) is 0 Å². The minimum Gasteiger partial charge on any atom is -0.315 e. The van der Waals surface area contributed by atoms with Crippen molar-refractivity contribution >= 4 is 0 Å². The lowest BCUT2D eigenvalue weighted by atomic mass is 10.1. The number of nitrogens with one attached hydrogen (secondary N) is 1. The van der Waals surface area contributed by atoms with Crippen LogP contribution in [-0.2, 0) is 13.1 Å². The Bertz CT molecular complexity index is 349. The average Bonchev–Trinajstić information content (AvgIpc) is 2.85. The van der Waals surface area contributed by atoms with E-state index >= 15 is 0 Å². The van der Waals surface area contributed by atoms with Crippen molar-refractivity contribution in [1.82, 2.24) is 25.0 Å². The van der Waals surface area contributed by atoms with Crippen LogP contribution >= 0.6 is 0 Å². The molecule has 2 heterocycles. The van der Waals surface area contributed by atoms with Crippen LogP contribution in [0.25, 0.3) is 0 Å². The van der Waals surface area contributed by atoms with Gasteiger partial charge in [0, 0.05) is 19.1 Å². The van der Waals surface area contributed by atoms with E-state index in [4.69, 9.17) is 0 Å². The molecule has 1 N–H and O–H groups in total. The molecule has 1 aliphatic rings. The van der Waals surface area contributed by atoms with E-state index in [1.54, 1.807) is 0 Å². The summed E-state index contributed by atoms with van der Waals surface area (Å²) in [5.74, 6) is 1.11. The third kappa shape index (κ3) is 3.53. The molecule has 102 valence electrons. The molecule has 1 aromatic rings. The third-order valence-corrected chi connectivity index (χ3v) is 3.73. The maximum absolute atomic E-state index is 4.15. The van der Waals surface area contributed by atoms with Crippen molar-refractivity contribution in [2.24, 2.45) is 0 Å². The minimum absolute atomic E-state index is 0.684. The monoisotopic (exact) mass is 251 g/mol. The number of rotatable bonds is 7. The van der Waals surface area contributed by atoms with Gasteiger partial charge >= 0.3 is 0 Å². The van der Waals surface area contributed by atoms with Gasteiger partial charge in [-0.1, -0.05) is 13.8 Å². The molecule has 18 heavy (non-hydrogen) atoms. The van der Waals surface area contributed by atoms with E-state index in [0.717, 1.165) is 32.0 Å². The molecule has 0 radical (unpaired) electrons. The Morgan fingerprint density at radius 3 is 3.06 bits per heavy atom. The van der Waals surface area contributed by atoms with Crippen molar-refractivity contribution in [2.75, 3.05) is 19.6 Å². The number of hydrogen-bond donors (Lipinski definition) is 1. The molecule has 1 aromatic heterocycles. The van der Waals surface area contributed by atoms with Crippen LogP contribution in [0.5, 0.6) is 0 Å². The molecule has 0 aliphatic carbocycles. The topological polar surface area (TPSA) is 46.0 Å². The quantitative estimate of drug-likeness (QED) is 0.792. The first-order chi connectivity index (χ1) is 8.83. The number of fused-ring (bicyclic) bond motifs is 1. The van der Waals surface area contributed by atoms with Crippen molar-refractivity contribution in [3.05, 3.63) is 12.2 Å². The fraction of sp³-hybridized carbons (Fsp3) is 0.846. The van der Waals surface area contributed by atoms with Crippen molar-refractivity contribution in [3.8, 4) is 0 Å². The Balaban J connectivity index is 1.69. The summed E-state index contributed by atoms with van der Waals surface area (Å²) in [5, 5.41) is 11.7. The fourth-order valence-electron chi connectivity index (χ4n) is 2.61. The summed E-state index contributed by atoms with van der Waals surface area (Å²) in [4.78, 5) is 2.49. The van der Waals surface area contributed by atoms with Crippen LogP contribution in [0.2, 0.25) is 0 Å². The van der Waals surface area contributed by atoms with E-state index in [9.17, 15) is 0 Å². The Hall–Kier alpha value is -0.940. The molecule has 0 spiro atoms. The van der Waals surface area contributed by atoms with Crippen LogP contribution in [0, 0.1) is 0 Å². The number of aromatic nitrogens is 3. The highest BCUT2D eigenvalue weighted by molar-refractivity contribution is 4.89. The van der Waals surface area contributed by atoms with Gasteiger partial charge in [-0.25, -0.2) is 0 Å². The van der Waals surface area contributed by atoms with Crippen molar-refractivity contribution < 1.29 is 0 Å². The zero-order valence-corrected chi connectivity index (χ0v) is 11.6. The lowest BCUT2D eigenvalue weighted by Crippen LogP contribution is -2.35. The molecular formula is C13H25N5. The second-order valence-corrected chi connectivity index (χ2v) is 5.02. The molecule has 0 amide bonds. The molecule has 1 unspecified atom stereocenters. The highest BCUT2D eigenvalue weighted by Gasteiger charge is 2.17. The van der Waals surface area contributed by atoms with E-state index in [0.29, 0.717) is 6.04 Å². The van der Waals surface area contributed by atoms with Gasteiger partial charge in [-0.15, -0.1) is 10.2 Å². The Kier molecular flexibility index (Phi) is 5.13. The van der Waals surface area contributed by atoms with Gasteiger partial charge in [-0.3, -0.25) is 4.90 Å². The standard InChI is InChI=1S/C13H25N5/c1-3-12(14-4-2)6-5-7-17-8-9-18-11-15-16-13(18)10-17/h11-12,14H,3-10H2,1-2H3. The van der Waals surface area contributed by atoms with Crippen LogP contribution in [0.3, 0.4) is 0 Å². The van der Waals surface area contributed by atoms with E-state index in [-0.39, 0.29) is 0 Å². The third-order valence-electron chi connectivity index (χ3n) is 3.73. The molecule has 1 aliphatic heterocycles. The molecule has 5 nitrogen and oxygen atoms in total. The Labute approximate surface area is 110 Å². The second-order valence-electron chi connectivity index (χ2n) is 5.02. The molecule has 0 aromatic carbocycles. The molecule has 5 heteroatoms. The van der Waals surface area contributed by atoms with E-state index < -0.39 is 0 Å². The summed E-state index contributed by atoms with van der Waals surface area (Å²) in [6, 6.07) is 0.684. The molecule has 0 saturated carbocycles. The molecular weight excluding hydrogens is 226 g/mol. The summed E-state index contributed by atoms with van der Waals surface area (Å²) in [5.41, 5.74) is 0. The highest BCUT2D eigenvalue weighted by Crippen LogP contribution is 2.11. The average molecular weight is 251 g/mol. The van der Waals surface area contributed by atoms with E-state index in [2.05, 4.69) is 38.8 Å². The first-order valence-corrected chi connectivity index (χ1v) is 7.16. The molecule has 1 atom stereocenters. The number of hydrogen-bond acceptors (Lipinski definition) is 4. The predicted octanol–water partition coefficient (Wildman–Crippen LogP) is 1.26. The van der Waals surface area contributed by atoms with Gasteiger partial charge in [0.25, 0.3) is 0 Å². The van der Waals surface area contributed by atoms with Gasteiger partial charge in [0.15, 0.2) is 0 Å². The second kappa shape index (κ2) is 6.85. The smallest absolute Gasteiger partial charge is 0.147 e. The predicted molar refractivity (Wildman–Crippen MR) is 72.3 cm³/mol. The van der Waals surface area contributed by atoms with Gasteiger partial charge in [-0.2, -0.15) is 0 Å². The van der Waals surface area contributed by atoms with Gasteiger partial charge in [0.05, 0.1) is 6.54 Å². The fourth-order valence-corrected chi connectivity index (χ4v) is 2.61. The van der Waals surface area contributed by atoms with Crippen LogP contribution in [0.4, 0.5) is 0 Å². The summed E-state index contributed by atoms with van der Waals surface area (Å²) >= 11 is 0. The van der Waals surface area contributed by atoms with Crippen molar-refractivity contribution in [3.63, 3.8) is 0 Å². The summed E-state index contributed by atoms with van der Waals surface area (Å²) < 4.78 is 2.16. The Morgan fingerprint density at radius 2 is 2.28 bits per heavy atom. The van der Waals surface area contributed by atoms with Crippen LogP contribution < -0.4 is 5.32 Å². The molecule has 0 bridgehead atoms. The lowest BCUT2D eigenvalue weighted by molar-refractivity contribution is 0.210. The van der Waals surface area contributed by atoms with E-state index in [1.807, 2.05) is 6.33 Å². The van der Waals surface area contributed by atoms with E-state index in [1.165, 1.54) is 25.8 Å². The maximum Gasteiger partial charge on any atom is 0.147 e. The first kappa shape index (κ1) is 13.5. The molecule has 0 fully saturated rings. The zero-order valence-electron chi connectivity index (χ0n) is 11.6. The van der Waals surface area contributed by atoms with Gasteiger partial charge < -0.3 is 9.88 Å². The van der Waals surface area contributed by atoms with Crippen LogP contribution in [0.15, 0.2) is 6.33 Å². The SMILES string of the molecule is CCNC(CC)CCCN1CCn2cnnc2C1. The van der Waals surface area contributed by atoms with Crippen LogP contribution in [0.1, 0.15) is 38.9 Å². The zero-order chi connectivity index (χ0) is 12.8. The first-order valence-electron chi connectivity index (χ1n) is 7.16. The molecule has 2 rings (SSSR count). The van der Waals surface area contributed by atoms with Gasteiger partial charge in [0.2, 0.25) is 0 Å². The largest absolute Gasteiger partial charge is 0.315 e. The summed E-state index contributed by atoms with van der Waals surface area (Å²) in [6.45, 7) is 9.81. The minimum atomic E-state index is 0.684. The lowest BCUT2D eigenvalue weighted by Gasteiger charge is -2.27. The van der Waals surface area contributed by atoms with Gasteiger partial charge in [-0.05, 0) is 32.4 Å². The number of nitrogens with zero attached hydrogens (tertiary/aromatic N) is 4. The summed E-state index contributed by atoms with van der Waals surface area (Å²) in [6.07, 6.45) is 5.60. The summed E-state index contributed by atoms with van der Waals surface area (Å²) in [7, 11) is 0. The van der Waals surface area contributed by atoms with Crippen LogP contribution in [-0.4, -0.2) is 45.3 Å². The van der Waals surface area contributed by atoms with Gasteiger partial charge in [0.1, 0.15) is 12.2 Å².